The summed E-state index contributed by atoms with van der Waals surface area (Å²) in [7, 11) is -3.33. The van der Waals surface area contributed by atoms with Gasteiger partial charge in [0.25, 0.3) is 5.91 Å². The molecule has 1 heterocycles. The molecule has 2 amide bonds. The molecule has 126 valence electrons. The number of benzene rings is 1. The van der Waals surface area contributed by atoms with E-state index in [-0.39, 0.29) is 11.8 Å². The highest BCUT2D eigenvalue weighted by atomic mass is 32.2. The number of carbonyl (C=O) groups is 2. The smallest absolute Gasteiger partial charge is 0.253 e. The molecular weight excluding hydrogens is 318 g/mol. The van der Waals surface area contributed by atoms with Crippen LogP contribution in [-0.4, -0.2) is 62.5 Å². The Morgan fingerprint density at radius 1 is 1.04 bits per heavy atom. The summed E-state index contributed by atoms with van der Waals surface area (Å²) in [6, 6.07) is 6.31. The zero-order valence-corrected chi connectivity index (χ0v) is 14.1. The van der Waals surface area contributed by atoms with E-state index in [0.717, 1.165) is 6.26 Å². The van der Waals surface area contributed by atoms with E-state index < -0.39 is 10.0 Å². The third-order valence-electron chi connectivity index (χ3n) is 3.66. The van der Waals surface area contributed by atoms with Gasteiger partial charge in [-0.05, 0) is 24.3 Å². The number of anilines is 1. The molecule has 0 spiro atoms. The number of carbonyl (C=O) groups excluding carboxylic acids is 2. The predicted octanol–water partition coefficient (Wildman–Crippen LogP) is 0.752. The second kappa shape index (κ2) is 6.99. The summed E-state index contributed by atoms with van der Waals surface area (Å²) >= 11 is 0. The summed E-state index contributed by atoms with van der Waals surface area (Å²) in [6.07, 6.45) is 1.55. The van der Waals surface area contributed by atoms with E-state index in [4.69, 9.17) is 0 Å². The van der Waals surface area contributed by atoms with Crippen molar-refractivity contribution >= 4 is 27.5 Å². The molecule has 0 aliphatic carbocycles. The molecule has 1 N–H and O–H groups in total. The second-order valence-corrected chi connectivity index (χ2v) is 7.23. The highest BCUT2D eigenvalue weighted by Gasteiger charge is 2.24. The van der Waals surface area contributed by atoms with Crippen LogP contribution in [0.25, 0.3) is 0 Å². The normalized spacial score (nSPS) is 15.4. The molecule has 2 rings (SSSR count). The maximum absolute atomic E-state index is 12.4. The number of amides is 2. The van der Waals surface area contributed by atoms with Gasteiger partial charge in [-0.15, -0.1) is 0 Å². The summed E-state index contributed by atoms with van der Waals surface area (Å²) in [5.41, 5.74) is 0.918. The third-order valence-corrected chi connectivity index (χ3v) is 4.26. The van der Waals surface area contributed by atoms with Crippen LogP contribution in [0, 0.1) is 0 Å². The van der Waals surface area contributed by atoms with Crippen LogP contribution in [0.2, 0.25) is 0 Å². The van der Waals surface area contributed by atoms with Gasteiger partial charge in [0.15, 0.2) is 0 Å². The Hall–Kier alpha value is -2.09. The molecule has 0 atom stereocenters. The number of nitrogens with zero attached hydrogens (tertiary/aromatic N) is 2. The minimum atomic E-state index is -3.33. The molecule has 0 bridgehead atoms. The van der Waals surface area contributed by atoms with Crippen LogP contribution in [0.3, 0.4) is 0 Å². The number of piperazine rings is 1. The van der Waals surface area contributed by atoms with Crippen LogP contribution in [0.1, 0.15) is 23.7 Å². The van der Waals surface area contributed by atoms with E-state index in [1.54, 1.807) is 34.1 Å². The molecule has 23 heavy (non-hydrogen) atoms. The topological polar surface area (TPSA) is 86.8 Å². The second-order valence-electron chi connectivity index (χ2n) is 5.48. The Morgan fingerprint density at radius 3 is 2.04 bits per heavy atom. The number of hydrogen-bond donors (Lipinski definition) is 1. The molecule has 1 aromatic carbocycles. The number of sulfonamides is 1. The molecular formula is C15H21N3O4S. The average molecular weight is 339 g/mol. The zero-order valence-electron chi connectivity index (χ0n) is 13.3. The maximum atomic E-state index is 12.4. The summed E-state index contributed by atoms with van der Waals surface area (Å²) < 4.78 is 24.7. The zero-order chi connectivity index (χ0) is 17.0. The van der Waals surface area contributed by atoms with Crippen molar-refractivity contribution in [1.29, 1.82) is 0 Å². The molecule has 0 saturated carbocycles. The van der Waals surface area contributed by atoms with Gasteiger partial charge < -0.3 is 9.80 Å². The minimum absolute atomic E-state index is 0.105. The molecule has 1 aliphatic heterocycles. The van der Waals surface area contributed by atoms with Crippen LogP contribution >= 0.6 is 0 Å². The molecule has 7 nitrogen and oxygen atoms in total. The van der Waals surface area contributed by atoms with E-state index in [9.17, 15) is 18.0 Å². The van der Waals surface area contributed by atoms with Crippen molar-refractivity contribution in [2.75, 3.05) is 37.2 Å². The van der Waals surface area contributed by atoms with E-state index in [2.05, 4.69) is 4.72 Å². The van der Waals surface area contributed by atoms with E-state index in [1.165, 1.54) is 0 Å². The minimum Gasteiger partial charge on any atom is -0.339 e. The van der Waals surface area contributed by atoms with Gasteiger partial charge >= 0.3 is 0 Å². The number of hydrogen-bond acceptors (Lipinski definition) is 4. The molecule has 0 unspecified atom stereocenters. The standard InChI is InChI=1S/C15H21N3O4S/c1-3-14(19)17-8-10-18(11-9-17)15(20)12-4-6-13(7-5-12)16-23(2,21)22/h4-7,16H,3,8-11H2,1-2H3. The molecule has 1 aromatic rings. The van der Waals surface area contributed by atoms with Crippen LogP contribution in [-0.2, 0) is 14.8 Å². The predicted molar refractivity (Wildman–Crippen MR) is 87.7 cm³/mol. The first kappa shape index (κ1) is 17.3. The Morgan fingerprint density at radius 2 is 1.57 bits per heavy atom. The fraction of sp³-hybridized carbons (Fsp3) is 0.467. The van der Waals surface area contributed by atoms with E-state index >= 15 is 0 Å². The average Bonchev–Trinajstić information content (AvgIpc) is 2.53. The number of nitrogens with one attached hydrogen (secondary N) is 1. The summed E-state index contributed by atoms with van der Waals surface area (Å²) in [5.74, 6) is -0.00666. The highest BCUT2D eigenvalue weighted by Crippen LogP contribution is 2.14. The van der Waals surface area contributed by atoms with Gasteiger partial charge in [-0.1, -0.05) is 6.92 Å². The van der Waals surface area contributed by atoms with Gasteiger partial charge in [0.1, 0.15) is 0 Å². The van der Waals surface area contributed by atoms with Crippen LogP contribution in [0.15, 0.2) is 24.3 Å². The van der Waals surface area contributed by atoms with Crippen molar-refractivity contribution in [3.63, 3.8) is 0 Å². The van der Waals surface area contributed by atoms with Crippen molar-refractivity contribution in [2.24, 2.45) is 0 Å². The lowest BCUT2D eigenvalue weighted by Crippen LogP contribution is -2.50. The van der Waals surface area contributed by atoms with Crippen molar-refractivity contribution in [3.8, 4) is 0 Å². The highest BCUT2D eigenvalue weighted by molar-refractivity contribution is 7.92. The van der Waals surface area contributed by atoms with Gasteiger partial charge in [0.05, 0.1) is 6.26 Å². The quantitative estimate of drug-likeness (QED) is 0.877. The van der Waals surface area contributed by atoms with Crippen molar-refractivity contribution in [1.82, 2.24) is 9.80 Å². The first-order chi connectivity index (χ1) is 10.8. The molecule has 1 fully saturated rings. The summed E-state index contributed by atoms with van der Waals surface area (Å²) in [4.78, 5) is 27.5. The Kier molecular flexibility index (Phi) is 5.25. The van der Waals surface area contributed by atoms with E-state index in [0.29, 0.717) is 43.9 Å². The summed E-state index contributed by atoms with van der Waals surface area (Å²) in [6.45, 7) is 3.94. The molecule has 0 radical (unpaired) electrons. The molecule has 1 aliphatic rings. The molecule has 1 saturated heterocycles. The molecule has 0 aromatic heterocycles. The number of rotatable bonds is 4. The van der Waals surface area contributed by atoms with Crippen LogP contribution < -0.4 is 4.72 Å². The Balaban J connectivity index is 1.97. The Labute approximate surface area is 136 Å². The monoisotopic (exact) mass is 339 g/mol. The van der Waals surface area contributed by atoms with Crippen molar-refractivity contribution < 1.29 is 18.0 Å². The van der Waals surface area contributed by atoms with Crippen LogP contribution in [0.4, 0.5) is 5.69 Å². The van der Waals surface area contributed by atoms with Gasteiger partial charge in [0, 0.05) is 43.9 Å². The Bertz CT molecular complexity index is 677. The lowest BCUT2D eigenvalue weighted by atomic mass is 10.1. The van der Waals surface area contributed by atoms with Crippen molar-refractivity contribution in [3.05, 3.63) is 29.8 Å². The SMILES string of the molecule is CCC(=O)N1CCN(C(=O)c2ccc(NS(C)(=O)=O)cc2)CC1. The maximum Gasteiger partial charge on any atom is 0.253 e. The first-order valence-electron chi connectivity index (χ1n) is 7.45. The van der Waals surface area contributed by atoms with E-state index in [1.807, 2.05) is 6.92 Å². The lowest BCUT2D eigenvalue weighted by Gasteiger charge is -2.34. The van der Waals surface area contributed by atoms with Gasteiger partial charge in [0.2, 0.25) is 15.9 Å². The summed E-state index contributed by atoms with van der Waals surface area (Å²) in [5, 5.41) is 0. The molecule has 8 heteroatoms. The van der Waals surface area contributed by atoms with Gasteiger partial charge in [-0.3, -0.25) is 14.3 Å². The van der Waals surface area contributed by atoms with Crippen LogP contribution in [0.5, 0.6) is 0 Å². The van der Waals surface area contributed by atoms with Crippen molar-refractivity contribution in [2.45, 2.75) is 13.3 Å². The largest absolute Gasteiger partial charge is 0.339 e. The lowest BCUT2D eigenvalue weighted by molar-refractivity contribution is -0.132. The van der Waals surface area contributed by atoms with Gasteiger partial charge in [-0.2, -0.15) is 0 Å². The fourth-order valence-electron chi connectivity index (χ4n) is 2.46. The van der Waals surface area contributed by atoms with Gasteiger partial charge in [-0.25, -0.2) is 8.42 Å². The first-order valence-corrected chi connectivity index (χ1v) is 9.34. The third kappa shape index (κ3) is 4.69. The fourth-order valence-corrected chi connectivity index (χ4v) is 3.02.